The first kappa shape index (κ1) is 41.5. The van der Waals surface area contributed by atoms with Gasteiger partial charge >= 0.3 is 17.9 Å². The fourth-order valence-corrected chi connectivity index (χ4v) is 13.6. The smallest absolute Gasteiger partial charge is 0.338 e. The van der Waals surface area contributed by atoms with Gasteiger partial charge in [-0.2, -0.15) is 0 Å². The van der Waals surface area contributed by atoms with E-state index >= 15 is 0 Å². The number of hydrogen-bond acceptors (Lipinski definition) is 13. The Morgan fingerprint density at radius 1 is 0.875 bits per heavy atom. The number of unbranched alkanes of at least 4 members (excludes halogenated alkanes) is 5. The number of carboxylic acids is 1. The zero-order chi connectivity index (χ0) is 40.2. The van der Waals surface area contributed by atoms with Crippen molar-refractivity contribution in [1.29, 1.82) is 0 Å². The van der Waals surface area contributed by atoms with Gasteiger partial charge in [-0.25, -0.2) is 4.79 Å². The standard InChI is InChI=1S/C42H61NO13/c1-6-43-22-39(23-51-2)26(44)20-27(52-3)41-25-21-40(50)36(55-38(49)24-16-12-11-13-17-24)30(25)42(35(48)37(40)54-5,31(34(41)43)32(53-4)33(39)41)56-29(47)19-15-10-8-7-9-14-18-28(45)46/h11-13,16-17,25-27,30-37,44,48,50H,6-10,14-15,18-23H2,1-5H3,(H,45,46)/t25-,26-,27+,30-,31-,32+,33-,34-,35+,36-,37+,39+,40-,41+,42-/m1/s1. The second-order valence-electron chi connectivity index (χ2n) is 17.3. The first-order chi connectivity index (χ1) is 26.9. The van der Waals surface area contributed by atoms with Crippen LogP contribution in [-0.2, 0) is 38.0 Å². The molecule has 0 amide bonds. The molecular formula is C42H61NO13. The first-order valence-electron chi connectivity index (χ1n) is 20.5. The minimum Gasteiger partial charge on any atom is -0.481 e. The van der Waals surface area contributed by atoms with Crippen LogP contribution in [0.1, 0.15) is 81.5 Å². The van der Waals surface area contributed by atoms with E-state index in [-0.39, 0.29) is 37.5 Å². The van der Waals surface area contributed by atoms with Gasteiger partial charge in [-0.15, -0.1) is 0 Å². The Labute approximate surface area is 329 Å². The average molecular weight is 788 g/mol. The zero-order valence-corrected chi connectivity index (χ0v) is 33.3. The van der Waals surface area contributed by atoms with Crippen LogP contribution in [-0.4, -0.2) is 145 Å². The van der Waals surface area contributed by atoms with Crippen LogP contribution < -0.4 is 0 Å². The lowest BCUT2D eigenvalue weighted by Gasteiger charge is -2.70. The second-order valence-corrected chi connectivity index (χ2v) is 17.3. The summed E-state index contributed by atoms with van der Waals surface area (Å²) in [5, 5.41) is 47.1. The number of fused-ring (bicyclic) bond motifs is 2. The van der Waals surface area contributed by atoms with Crippen LogP contribution in [0.15, 0.2) is 30.3 Å². The van der Waals surface area contributed by atoms with Crippen molar-refractivity contribution < 1.29 is 63.2 Å². The Hall–Kier alpha value is -2.69. The van der Waals surface area contributed by atoms with Gasteiger partial charge in [-0.05, 0) is 43.9 Å². The summed E-state index contributed by atoms with van der Waals surface area (Å²) in [4.78, 5) is 41.6. The van der Waals surface area contributed by atoms with E-state index in [2.05, 4.69) is 4.90 Å². The van der Waals surface area contributed by atoms with E-state index in [0.717, 1.165) is 25.7 Å². The lowest BCUT2D eigenvalue weighted by molar-refractivity contribution is -0.323. The number of ether oxygens (including phenoxy) is 6. The highest BCUT2D eigenvalue weighted by Crippen LogP contribution is 2.80. The number of carbonyl (C=O) groups is 3. The number of aliphatic hydroxyl groups excluding tert-OH is 2. The van der Waals surface area contributed by atoms with Crippen LogP contribution in [0.25, 0.3) is 0 Å². The number of aliphatic carboxylic acids is 1. The van der Waals surface area contributed by atoms with E-state index in [1.807, 2.05) is 6.92 Å². The van der Waals surface area contributed by atoms with Crippen LogP contribution in [0.3, 0.4) is 0 Å². The lowest BCUT2D eigenvalue weighted by Crippen LogP contribution is -2.81. The van der Waals surface area contributed by atoms with E-state index in [1.54, 1.807) is 51.7 Å². The molecule has 5 aliphatic carbocycles. The molecule has 312 valence electrons. The van der Waals surface area contributed by atoms with Gasteiger partial charge in [0.1, 0.15) is 23.9 Å². The van der Waals surface area contributed by atoms with Gasteiger partial charge in [0.25, 0.3) is 0 Å². The summed E-state index contributed by atoms with van der Waals surface area (Å²) >= 11 is 0. The Balaban J connectivity index is 1.35. The predicted octanol–water partition coefficient (Wildman–Crippen LogP) is 2.83. The highest BCUT2D eigenvalue weighted by atomic mass is 16.6. The lowest BCUT2D eigenvalue weighted by atomic mass is 9.42. The normalized spacial score (nSPS) is 43.0. The van der Waals surface area contributed by atoms with Crippen molar-refractivity contribution in [3.63, 3.8) is 0 Å². The molecule has 14 heteroatoms. The number of likely N-dealkylation sites (tertiary alicyclic amines) is 1. The summed E-state index contributed by atoms with van der Waals surface area (Å²) in [5.41, 5.74) is -5.01. The van der Waals surface area contributed by atoms with Crippen LogP contribution in [0.5, 0.6) is 0 Å². The molecule has 1 saturated heterocycles. The Kier molecular flexibility index (Phi) is 11.7. The molecule has 0 unspecified atom stereocenters. The summed E-state index contributed by atoms with van der Waals surface area (Å²) in [6, 6.07) is 8.13. The molecule has 0 aromatic heterocycles. The molecule has 5 saturated carbocycles. The highest BCUT2D eigenvalue weighted by molar-refractivity contribution is 5.89. The monoisotopic (exact) mass is 787 g/mol. The average Bonchev–Trinajstić information content (AvgIpc) is 3.56. The van der Waals surface area contributed by atoms with Crippen LogP contribution >= 0.6 is 0 Å². The van der Waals surface area contributed by atoms with E-state index < -0.39 is 100 Å². The van der Waals surface area contributed by atoms with Crippen molar-refractivity contribution in [3.05, 3.63) is 35.9 Å². The maximum atomic E-state index is 14.4. The molecule has 1 aliphatic heterocycles. The van der Waals surface area contributed by atoms with E-state index in [9.17, 15) is 29.7 Å². The van der Waals surface area contributed by atoms with Crippen LogP contribution in [0.4, 0.5) is 0 Å². The molecule has 56 heavy (non-hydrogen) atoms. The molecule has 7 rings (SSSR count). The maximum absolute atomic E-state index is 14.4. The van der Waals surface area contributed by atoms with Crippen LogP contribution in [0, 0.1) is 34.5 Å². The van der Waals surface area contributed by atoms with E-state index in [4.69, 9.17) is 33.5 Å². The Morgan fingerprint density at radius 3 is 2.16 bits per heavy atom. The van der Waals surface area contributed by atoms with Crippen LogP contribution in [0.2, 0.25) is 0 Å². The van der Waals surface area contributed by atoms with Gasteiger partial charge < -0.3 is 48.8 Å². The number of esters is 2. The molecule has 0 radical (unpaired) electrons. The SMILES string of the molecule is CCN1C[C@]2(COC)[C@H](O)C[C@H](OC)[C@@]34[C@@H]5C[C@@]6(O)[C@H](OC(=O)c7ccccc7)[C@@H]5[C@@](OC(=O)CCCCCCCCC(=O)O)([C@H]([C@H](OC)[C@H]23)[C@@H]14)[C@@H](O)[C@@H]6OC. The number of methoxy groups -OCH3 is 4. The van der Waals surface area contributed by atoms with Crippen molar-refractivity contribution in [2.45, 2.75) is 125 Å². The molecule has 14 nitrogen and oxygen atoms in total. The number of benzene rings is 1. The number of hydrogen-bond donors (Lipinski definition) is 4. The molecule has 7 bridgehead atoms. The summed E-state index contributed by atoms with van der Waals surface area (Å²) in [6.07, 6.45) is -1.28. The molecule has 1 spiro atoms. The molecule has 4 N–H and O–H groups in total. The largest absolute Gasteiger partial charge is 0.481 e. The molecule has 1 aromatic carbocycles. The van der Waals surface area contributed by atoms with Gasteiger partial charge in [-0.3, -0.25) is 14.5 Å². The quantitative estimate of drug-likeness (QED) is 0.126. The topological polar surface area (TPSA) is 191 Å². The van der Waals surface area contributed by atoms with Crippen molar-refractivity contribution in [1.82, 2.24) is 4.90 Å². The number of nitrogens with zero attached hydrogens (tertiary/aromatic N) is 1. The van der Waals surface area contributed by atoms with E-state index in [0.29, 0.717) is 32.4 Å². The Bertz CT molecular complexity index is 1600. The number of aliphatic hydroxyl groups is 3. The third-order valence-corrected chi connectivity index (χ3v) is 15.2. The van der Waals surface area contributed by atoms with Crippen molar-refractivity contribution in [3.8, 4) is 0 Å². The number of carboxylic acid groups (broad SMARTS) is 1. The number of piperidine rings is 1. The second kappa shape index (κ2) is 15.8. The third-order valence-electron chi connectivity index (χ3n) is 15.2. The molecule has 1 aromatic rings. The molecule has 6 aliphatic rings. The van der Waals surface area contributed by atoms with Crippen molar-refractivity contribution in [2.24, 2.45) is 34.5 Å². The fourth-order valence-electron chi connectivity index (χ4n) is 13.6. The zero-order valence-electron chi connectivity index (χ0n) is 33.3. The Morgan fingerprint density at radius 2 is 1.55 bits per heavy atom. The van der Waals surface area contributed by atoms with Gasteiger partial charge in [0, 0.05) is 88.9 Å². The fraction of sp³-hybridized carbons (Fsp3) is 0.786. The molecule has 6 fully saturated rings. The van der Waals surface area contributed by atoms with Gasteiger partial charge in [0.2, 0.25) is 0 Å². The predicted molar refractivity (Wildman–Crippen MR) is 199 cm³/mol. The minimum absolute atomic E-state index is 0.0495. The number of carbonyl (C=O) groups excluding carboxylic acids is 2. The highest BCUT2D eigenvalue weighted by Gasteiger charge is 2.92. The van der Waals surface area contributed by atoms with Gasteiger partial charge in [0.15, 0.2) is 5.60 Å². The van der Waals surface area contributed by atoms with Gasteiger partial charge in [-0.1, -0.05) is 50.8 Å². The summed E-state index contributed by atoms with van der Waals surface area (Å²) in [6.45, 7) is 3.30. The summed E-state index contributed by atoms with van der Waals surface area (Å²) in [7, 11) is 6.28. The summed E-state index contributed by atoms with van der Waals surface area (Å²) < 4.78 is 38.3. The summed E-state index contributed by atoms with van der Waals surface area (Å²) in [5.74, 6) is -4.57. The maximum Gasteiger partial charge on any atom is 0.338 e. The molecular weight excluding hydrogens is 726 g/mol. The van der Waals surface area contributed by atoms with Gasteiger partial charge in [0.05, 0.1) is 30.5 Å². The number of rotatable bonds is 18. The van der Waals surface area contributed by atoms with Crippen molar-refractivity contribution in [2.75, 3.05) is 48.1 Å². The van der Waals surface area contributed by atoms with E-state index in [1.165, 1.54) is 7.11 Å². The molecule has 15 atom stereocenters. The minimum atomic E-state index is -1.88. The first-order valence-corrected chi connectivity index (χ1v) is 20.5. The van der Waals surface area contributed by atoms with Crippen molar-refractivity contribution >= 4 is 17.9 Å². The molecule has 1 heterocycles. The third kappa shape index (κ3) is 5.83.